The van der Waals surface area contributed by atoms with Crippen LogP contribution in [0.15, 0.2) is 42.5 Å². The maximum Gasteiger partial charge on any atom is 0.338 e. The average molecular weight is 439 g/mol. The molecule has 2 aromatic carbocycles. The molecule has 0 radical (unpaired) electrons. The van der Waals surface area contributed by atoms with Crippen LogP contribution in [0, 0.1) is 6.92 Å². The fourth-order valence-corrected chi connectivity index (χ4v) is 4.14. The van der Waals surface area contributed by atoms with Crippen molar-refractivity contribution < 1.29 is 22.7 Å². The summed E-state index contributed by atoms with van der Waals surface area (Å²) >= 11 is 5.88. The molecular weight excluding hydrogens is 416 g/mol. The Bertz CT molecular complexity index is 1010. The molecule has 7 nitrogen and oxygen atoms in total. The maximum absolute atomic E-state index is 12.8. The number of anilines is 2. The number of nitrogens with one attached hydrogen (secondary N) is 1. The number of benzene rings is 2. The SMILES string of the molecule is CCOC(=O)c1cccc(NC(=O)[C@H](C)N(c2ccc(Cl)cc2)S(C)(=O)=O)c1C. The fraction of sp³-hybridized carbons (Fsp3) is 0.300. The molecule has 29 heavy (non-hydrogen) atoms. The molecule has 0 heterocycles. The molecule has 0 aliphatic carbocycles. The topological polar surface area (TPSA) is 92.8 Å². The molecule has 1 atom stereocenters. The number of hydrogen-bond acceptors (Lipinski definition) is 5. The van der Waals surface area contributed by atoms with Crippen LogP contribution in [0.4, 0.5) is 11.4 Å². The molecule has 0 aliphatic rings. The summed E-state index contributed by atoms with van der Waals surface area (Å²) in [6.07, 6.45) is 1.03. The van der Waals surface area contributed by atoms with E-state index in [1.54, 1.807) is 44.2 Å². The van der Waals surface area contributed by atoms with Crippen LogP contribution < -0.4 is 9.62 Å². The standard InChI is InChI=1S/C20H23ClN2O5S/c1-5-28-20(25)17-7-6-8-18(13(17)2)22-19(24)14(3)23(29(4,26)27)16-11-9-15(21)10-12-16/h6-12,14H,5H2,1-4H3,(H,22,24)/t14-/m0/s1. The van der Waals surface area contributed by atoms with Gasteiger partial charge in [0, 0.05) is 10.7 Å². The van der Waals surface area contributed by atoms with E-state index in [4.69, 9.17) is 16.3 Å². The number of hydrogen-bond donors (Lipinski definition) is 1. The molecule has 2 rings (SSSR count). The first-order chi connectivity index (χ1) is 13.6. The Kier molecular flexibility index (Phi) is 7.26. The summed E-state index contributed by atoms with van der Waals surface area (Å²) in [6.45, 7) is 5.10. The first-order valence-corrected chi connectivity index (χ1v) is 11.1. The quantitative estimate of drug-likeness (QED) is 0.666. The van der Waals surface area contributed by atoms with Crippen LogP contribution in [-0.4, -0.2) is 39.2 Å². The van der Waals surface area contributed by atoms with Crippen molar-refractivity contribution in [3.8, 4) is 0 Å². The molecule has 1 amide bonds. The van der Waals surface area contributed by atoms with Crippen molar-refractivity contribution in [1.82, 2.24) is 0 Å². The third kappa shape index (κ3) is 5.48. The maximum atomic E-state index is 12.8. The van der Waals surface area contributed by atoms with Crippen molar-refractivity contribution in [2.75, 3.05) is 22.5 Å². The van der Waals surface area contributed by atoms with E-state index in [0.717, 1.165) is 10.6 Å². The minimum absolute atomic E-state index is 0.232. The zero-order valence-corrected chi connectivity index (χ0v) is 18.2. The Balaban J connectivity index is 2.32. The molecule has 0 bridgehead atoms. The molecule has 9 heteroatoms. The van der Waals surface area contributed by atoms with Gasteiger partial charge < -0.3 is 10.1 Å². The van der Waals surface area contributed by atoms with Gasteiger partial charge in [-0.05, 0) is 62.7 Å². The van der Waals surface area contributed by atoms with E-state index in [1.807, 2.05) is 0 Å². The number of halogens is 1. The summed E-state index contributed by atoms with van der Waals surface area (Å²) in [4.78, 5) is 24.9. The average Bonchev–Trinajstić information content (AvgIpc) is 2.64. The van der Waals surface area contributed by atoms with Gasteiger partial charge in [-0.3, -0.25) is 9.10 Å². The van der Waals surface area contributed by atoms with E-state index in [0.29, 0.717) is 27.5 Å². The lowest BCUT2D eigenvalue weighted by molar-refractivity contribution is -0.116. The highest BCUT2D eigenvalue weighted by Gasteiger charge is 2.29. The zero-order valence-electron chi connectivity index (χ0n) is 16.6. The summed E-state index contributed by atoms with van der Waals surface area (Å²) in [5.74, 6) is -1.04. The predicted molar refractivity (Wildman–Crippen MR) is 114 cm³/mol. The molecule has 0 unspecified atom stereocenters. The van der Waals surface area contributed by atoms with Crippen molar-refractivity contribution in [3.63, 3.8) is 0 Å². The van der Waals surface area contributed by atoms with E-state index >= 15 is 0 Å². The van der Waals surface area contributed by atoms with Crippen LogP contribution in [0.25, 0.3) is 0 Å². The minimum atomic E-state index is -3.75. The summed E-state index contributed by atoms with van der Waals surface area (Å²) in [5, 5.41) is 3.15. The van der Waals surface area contributed by atoms with Crippen molar-refractivity contribution in [1.29, 1.82) is 0 Å². The number of amides is 1. The van der Waals surface area contributed by atoms with Gasteiger partial charge in [0.15, 0.2) is 0 Å². The first-order valence-electron chi connectivity index (χ1n) is 8.88. The third-order valence-electron chi connectivity index (χ3n) is 4.26. The number of esters is 1. The normalized spacial score (nSPS) is 12.2. The molecule has 0 aliphatic heterocycles. The van der Waals surface area contributed by atoms with Gasteiger partial charge in [0.05, 0.1) is 24.1 Å². The third-order valence-corrected chi connectivity index (χ3v) is 5.75. The van der Waals surface area contributed by atoms with Gasteiger partial charge in [-0.2, -0.15) is 0 Å². The molecule has 0 saturated heterocycles. The van der Waals surface area contributed by atoms with Gasteiger partial charge in [-0.1, -0.05) is 17.7 Å². The van der Waals surface area contributed by atoms with Crippen molar-refractivity contribution in [3.05, 3.63) is 58.6 Å². The van der Waals surface area contributed by atoms with E-state index in [-0.39, 0.29) is 6.61 Å². The van der Waals surface area contributed by atoms with Gasteiger partial charge in [0.1, 0.15) is 6.04 Å². The number of sulfonamides is 1. The lowest BCUT2D eigenvalue weighted by Crippen LogP contribution is -2.45. The van der Waals surface area contributed by atoms with E-state index in [9.17, 15) is 18.0 Å². The second-order valence-electron chi connectivity index (χ2n) is 6.40. The zero-order chi connectivity index (χ0) is 21.8. The van der Waals surface area contributed by atoms with Crippen LogP contribution in [-0.2, 0) is 19.6 Å². The molecule has 0 spiro atoms. The molecule has 0 aromatic heterocycles. The van der Waals surface area contributed by atoms with Crippen molar-refractivity contribution >= 4 is 44.9 Å². The Morgan fingerprint density at radius 3 is 2.34 bits per heavy atom. The van der Waals surface area contributed by atoms with E-state index in [1.165, 1.54) is 19.1 Å². The number of carbonyl (C=O) groups excluding carboxylic acids is 2. The molecule has 2 aromatic rings. The second kappa shape index (κ2) is 9.28. The second-order valence-corrected chi connectivity index (χ2v) is 8.69. The van der Waals surface area contributed by atoms with Gasteiger partial charge in [0.2, 0.25) is 15.9 Å². The van der Waals surface area contributed by atoms with E-state index < -0.39 is 27.9 Å². The van der Waals surface area contributed by atoms with Crippen molar-refractivity contribution in [2.45, 2.75) is 26.8 Å². The predicted octanol–water partition coefficient (Wildman–Crippen LogP) is 3.62. The number of carbonyl (C=O) groups is 2. The van der Waals surface area contributed by atoms with Gasteiger partial charge >= 0.3 is 5.97 Å². The number of rotatable bonds is 7. The first kappa shape index (κ1) is 22.7. The van der Waals surface area contributed by atoms with Crippen LogP contribution in [0.5, 0.6) is 0 Å². The number of ether oxygens (including phenoxy) is 1. The number of nitrogens with zero attached hydrogens (tertiary/aromatic N) is 1. The highest BCUT2D eigenvalue weighted by Crippen LogP contribution is 2.25. The monoisotopic (exact) mass is 438 g/mol. The smallest absolute Gasteiger partial charge is 0.338 e. The highest BCUT2D eigenvalue weighted by atomic mass is 35.5. The van der Waals surface area contributed by atoms with Crippen LogP contribution >= 0.6 is 11.6 Å². The summed E-state index contributed by atoms with van der Waals surface area (Å²) in [6, 6.07) is 9.96. The lowest BCUT2D eigenvalue weighted by Gasteiger charge is -2.28. The highest BCUT2D eigenvalue weighted by molar-refractivity contribution is 7.92. The minimum Gasteiger partial charge on any atom is -0.462 e. The lowest BCUT2D eigenvalue weighted by atomic mass is 10.1. The summed E-state index contributed by atoms with van der Waals surface area (Å²) in [7, 11) is -3.75. The fourth-order valence-electron chi connectivity index (χ4n) is 2.84. The van der Waals surface area contributed by atoms with Crippen LogP contribution in [0.2, 0.25) is 5.02 Å². The summed E-state index contributed by atoms with van der Waals surface area (Å²) < 4.78 is 30.7. The van der Waals surface area contributed by atoms with Crippen molar-refractivity contribution in [2.24, 2.45) is 0 Å². The van der Waals surface area contributed by atoms with E-state index in [2.05, 4.69) is 5.32 Å². The molecule has 1 N–H and O–H groups in total. The Morgan fingerprint density at radius 1 is 1.17 bits per heavy atom. The molecule has 156 valence electrons. The Morgan fingerprint density at radius 2 is 1.79 bits per heavy atom. The Labute approximate surface area is 175 Å². The molecule has 0 saturated carbocycles. The molecular formula is C20H23ClN2O5S. The summed E-state index contributed by atoms with van der Waals surface area (Å²) in [5.41, 5.74) is 1.58. The van der Waals surface area contributed by atoms with Gasteiger partial charge in [0.25, 0.3) is 0 Å². The molecule has 0 fully saturated rings. The van der Waals surface area contributed by atoms with Gasteiger partial charge in [-0.25, -0.2) is 13.2 Å². The van der Waals surface area contributed by atoms with Gasteiger partial charge in [-0.15, -0.1) is 0 Å². The van der Waals surface area contributed by atoms with Crippen LogP contribution in [0.3, 0.4) is 0 Å². The van der Waals surface area contributed by atoms with Crippen LogP contribution in [0.1, 0.15) is 29.8 Å². The largest absolute Gasteiger partial charge is 0.462 e. The Hall–Kier alpha value is -2.58.